The number of carboxylic acid groups (broad SMARTS) is 1. The molecule has 176 valence electrons. The molecule has 10 nitrogen and oxygen atoms in total. The summed E-state index contributed by atoms with van der Waals surface area (Å²) in [5, 5.41) is 42.2. The fourth-order valence-electron chi connectivity index (χ4n) is 3.36. The summed E-state index contributed by atoms with van der Waals surface area (Å²) in [6.07, 6.45) is -0.776. The number of hydrogen-bond acceptors (Lipinski definition) is 7. The molecule has 0 radical (unpaired) electrons. The van der Waals surface area contributed by atoms with Crippen LogP contribution in [0.2, 0.25) is 0 Å². The molecule has 0 fully saturated rings. The van der Waals surface area contributed by atoms with Gasteiger partial charge in [-0.15, -0.1) is 0 Å². The first-order chi connectivity index (χ1) is 16.7. The van der Waals surface area contributed by atoms with Gasteiger partial charge in [-0.05, 0) is 42.3 Å². The lowest BCUT2D eigenvalue weighted by Crippen LogP contribution is -2.24. The first-order valence-corrected chi connectivity index (χ1v) is 10.1. The van der Waals surface area contributed by atoms with Gasteiger partial charge in [-0.25, -0.2) is 9.59 Å². The number of carbonyl (C=O) groups excluding carboxylic acids is 2. The number of benzene rings is 3. The van der Waals surface area contributed by atoms with E-state index in [1.807, 2.05) is 25.1 Å². The number of aromatic carboxylic acids is 1. The van der Waals surface area contributed by atoms with Gasteiger partial charge in [0.2, 0.25) is 0 Å². The van der Waals surface area contributed by atoms with Crippen LogP contribution in [0.4, 0.5) is 16.2 Å². The Kier molecular flexibility index (Phi) is 7.12. The van der Waals surface area contributed by atoms with Gasteiger partial charge in [-0.2, -0.15) is 5.26 Å². The topological polar surface area (TPSA) is 173 Å². The fraction of sp³-hybridized carbons (Fsp3) is 0.0800. The minimum atomic E-state index is -1.37. The zero-order valence-electron chi connectivity index (χ0n) is 18.7. The van der Waals surface area contributed by atoms with E-state index in [0.717, 1.165) is 11.6 Å². The number of phenolic OH excluding ortho intramolecular Hbond substituents is 1. The van der Waals surface area contributed by atoms with E-state index in [9.17, 15) is 24.6 Å². The van der Waals surface area contributed by atoms with E-state index < -0.39 is 29.4 Å². The minimum absolute atomic E-state index is 0.0877. The highest BCUT2D eigenvalue weighted by atomic mass is 16.5. The number of carboxylic acids is 1. The molecule has 3 rings (SSSR count). The number of nitriles is 1. The average Bonchev–Trinajstić information content (AvgIpc) is 2.84. The fourth-order valence-corrected chi connectivity index (χ4v) is 3.36. The van der Waals surface area contributed by atoms with Crippen LogP contribution in [0.25, 0.3) is 11.1 Å². The standard InChI is InChI=1S/C25H20N4O6/c1-13-5-3-4-6-15(13)16-10-18(21(30)11-20(16)29-25(34)35-2)22(27)23(31)28-19-8-7-14(12-26)9-17(19)24(32)33/h3-11,27,30H,1-2H3,(H,28,31)(H,29,34)(H,32,33). The Labute approximate surface area is 199 Å². The number of rotatable bonds is 6. The van der Waals surface area contributed by atoms with Gasteiger partial charge >= 0.3 is 12.1 Å². The van der Waals surface area contributed by atoms with Crippen LogP contribution in [-0.4, -0.2) is 41.0 Å². The average molecular weight is 472 g/mol. The monoisotopic (exact) mass is 472 g/mol. The molecule has 3 aromatic carbocycles. The van der Waals surface area contributed by atoms with Gasteiger partial charge in [0.25, 0.3) is 5.91 Å². The maximum atomic E-state index is 12.8. The Morgan fingerprint density at radius 1 is 0.971 bits per heavy atom. The van der Waals surface area contributed by atoms with Gasteiger partial charge in [-0.1, -0.05) is 24.3 Å². The maximum Gasteiger partial charge on any atom is 0.411 e. The molecule has 0 aliphatic carbocycles. The lowest BCUT2D eigenvalue weighted by atomic mass is 9.95. The second kappa shape index (κ2) is 10.2. The molecule has 0 spiro atoms. The van der Waals surface area contributed by atoms with E-state index >= 15 is 0 Å². The van der Waals surface area contributed by atoms with Crippen molar-refractivity contribution in [1.82, 2.24) is 0 Å². The van der Waals surface area contributed by atoms with Crippen LogP contribution in [0.5, 0.6) is 5.75 Å². The van der Waals surface area contributed by atoms with E-state index in [4.69, 9.17) is 10.7 Å². The van der Waals surface area contributed by atoms with Crippen LogP contribution in [0.1, 0.15) is 27.0 Å². The van der Waals surface area contributed by atoms with Crippen LogP contribution in [0, 0.1) is 23.7 Å². The van der Waals surface area contributed by atoms with E-state index in [0.29, 0.717) is 11.1 Å². The summed E-state index contributed by atoms with van der Waals surface area (Å²) in [5.41, 5.74) is 0.963. The number of phenols is 1. The highest BCUT2D eigenvalue weighted by Gasteiger charge is 2.22. The number of amides is 2. The van der Waals surface area contributed by atoms with Crippen molar-refractivity contribution in [2.45, 2.75) is 6.92 Å². The van der Waals surface area contributed by atoms with Crippen LogP contribution >= 0.6 is 0 Å². The third-order valence-electron chi connectivity index (χ3n) is 5.12. The summed E-state index contributed by atoms with van der Waals surface area (Å²) < 4.78 is 4.64. The van der Waals surface area contributed by atoms with Gasteiger partial charge in [-0.3, -0.25) is 15.5 Å². The minimum Gasteiger partial charge on any atom is -0.507 e. The quantitative estimate of drug-likeness (QED) is 0.335. The summed E-state index contributed by atoms with van der Waals surface area (Å²) in [5.74, 6) is -2.82. The number of aromatic hydroxyl groups is 1. The number of ether oxygens (including phenoxy) is 1. The smallest absolute Gasteiger partial charge is 0.411 e. The van der Waals surface area contributed by atoms with Crippen LogP contribution < -0.4 is 10.6 Å². The van der Waals surface area contributed by atoms with E-state index in [1.165, 1.54) is 31.4 Å². The predicted octanol–water partition coefficient (Wildman–Crippen LogP) is 4.12. The molecule has 2 amide bonds. The van der Waals surface area contributed by atoms with Crippen molar-refractivity contribution in [2.75, 3.05) is 17.7 Å². The van der Waals surface area contributed by atoms with Gasteiger partial charge in [0, 0.05) is 17.2 Å². The molecule has 0 aromatic heterocycles. The summed E-state index contributed by atoms with van der Waals surface area (Å²) in [4.78, 5) is 36.2. The summed E-state index contributed by atoms with van der Waals surface area (Å²) in [6.45, 7) is 1.83. The van der Waals surface area contributed by atoms with Crippen molar-refractivity contribution in [3.8, 4) is 22.9 Å². The summed E-state index contributed by atoms with van der Waals surface area (Å²) >= 11 is 0. The molecule has 35 heavy (non-hydrogen) atoms. The number of nitrogens with one attached hydrogen (secondary N) is 3. The molecule has 0 bridgehead atoms. The first kappa shape index (κ1) is 24.5. The molecule has 3 aromatic rings. The first-order valence-electron chi connectivity index (χ1n) is 10.1. The molecule has 0 heterocycles. The highest BCUT2D eigenvalue weighted by molar-refractivity contribution is 6.48. The maximum absolute atomic E-state index is 12.8. The number of anilines is 2. The Morgan fingerprint density at radius 3 is 2.31 bits per heavy atom. The van der Waals surface area contributed by atoms with Crippen molar-refractivity contribution in [1.29, 1.82) is 10.7 Å². The van der Waals surface area contributed by atoms with Gasteiger partial charge in [0.15, 0.2) is 0 Å². The Hall–Kier alpha value is -5.17. The molecule has 5 N–H and O–H groups in total. The van der Waals surface area contributed by atoms with Crippen molar-refractivity contribution in [3.63, 3.8) is 0 Å². The zero-order chi connectivity index (χ0) is 25.7. The number of hydrogen-bond donors (Lipinski definition) is 5. The van der Waals surface area contributed by atoms with Crippen molar-refractivity contribution in [3.05, 3.63) is 76.9 Å². The van der Waals surface area contributed by atoms with Crippen LogP contribution in [0.3, 0.4) is 0 Å². The predicted molar refractivity (Wildman–Crippen MR) is 128 cm³/mol. The summed E-state index contributed by atoms with van der Waals surface area (Å²) in [7, 11) is 1.19. The lowest BCUT2D eigenvalue weighted by molar-refractivity contribution is -0.110. The number of carbonyl (C=O) groups is 3. The Bertz CT molecular complexity index is 1410. The van der Waals surface area contributed by atoms with Crippen LogP contribution in [0.15, 0.2) is 54.6 Å². The second-order valence-corrected chi connectivity index (χ2v) is 7.35. The largest absolute Gasteiger partial charge is 0.507 e. The molecule has 10 heteroatoms. The molecule has 0 aliphatic rings. The Balaban J connectivity index is 2.04. The molecular formula is C25H20N4O6. The molecule has 0 unspecified atom stereocenters. The van der Waals surface area contributed by atoms with Gasteiger partial charge in [0.05, 0.1) is 35.7 Å². The molecular weight excluding hydrogens is 452 g/mol. The molecule has 0 atom stereocenters. The van der Waals surface area contributed by atoms with E-state index in [1.54, 1.807) is 12.1 Å². The lowest BCUT2D eigenvalue weighted by Gasteiger charge is -2.16. The number of aryl methyl sites for hydroxylation is 1. The normalized spacial score (nSPS) is 10.1. The molecule has 0 aliphatic heterocycles. The third-order valence-corrected chi connectivity index (χ3v) is 5.12. The second-order valence-electron chi connectivity index (χ2n) is 7.35. The zero-order valence-corrected chi connectivity index (χ0v) is 18.7. The highest BCUT2D eigenvalue weighted by Crippen LogP contribution is 2.36. The van der Waals surface area contributed by atoms with Crippen molar-refractivity contribution in [2.24, 2.45) is 0 Å². The van der Waals surface area contributed by atoms with Crippen molar-refractivity contribution >= 4 is 35.1 Å². The number of nitrogens with zero attached hydrogens (tertiary/aromatic N) is 1. The van der Waals surface area contributed by atoms with Gasteiger partial charge in [0.1, 0.15) is 11.5 Å². The van der Waals surface area contributed by atoms with E-state index in [-0.39, 0.29) is 28.1 Å². The van der Waals surface area contributed by atoms with E-state index in [2.05, 4.69) is 15.4 Å². The van der Waals surface area contributed by atoms with Crippen LogP contribution in [-0.2, 0) is 9.53 Å². The molecule has 0 saturated carbocycles. The van der Waals surface area contributed by atoms with Crippen molar-refractivity contribution < 1.29 is 29.3 Å². The Morgan fingerprint density at radius 2 is 1.69 bits per heavy atom. The number of methoxy groups -OCH3 is 1. The third kappa shape index (κ3) is 5.26. The van der Waals surface area contributed by atoms with Gasteiger partial charge < -0.3 is 20.3 Å². The SMILES string of the molecule is COC(=O)Nc1cc(O)c(C(=N)C(=O)Nc2ccc(C#N)cc2C(=O)O)cc1-c1ccccc1C. The molecule has 0 saturated heterocycles. The summed E-state index contributed by atoms with van der Waals surface area (Å²) in [6, 6.07) is 15.3.